The zero-order valence-electron chi connectivity index (χ0n) is 14.2. The SMILES string of the molecule is COc1cccc(C(=O)N2CCN(C(=O)c3ccc(F)cc3Cl)CC2)c1. The van der Waals surface area contributed by atoms with Gasteiger partial charge in [0, 0.05) is 31.7 Å². The number of carbonyl (C=O) groups excluding carboxylic acids is 2. The number of hydrogen-bond acceptors (Lipinski definition) is 3. The Kier molecular flexibility index (Phi) is 5.42. The lowest BCUT2D eigenvalue weighted by Crippen LogP contribution is -2.50. The molecule has 1 aliphatic heterocycles. The molecule has 2 amide bonds. The molecule has 0 unspecified atom stereocenters. The topological polar surface area (TPSA) is 49.9 Å². The van der Waals surface area contributed by atoms with Gasteiger partial charge < -0.3 is 14.5 Å². The van der Waals surface area contributed by atoms with E-state index in [1.807, 2.05) is 0 Å². The minimum Gasteiger partial charge on any atom is -0.497 e. The number of rotatable bonds is 3. The second-order valence-electron chi connectivity index (χ2n) is 5.94. The molecule has 3 rings (SSSR count). The van der Waals surface area contributed by atoms with E-state index >= 15 is 0 Å². The number of halogens is 2. The second-order valence-corrected chi connectivity index (χ2v) is 6.35. The number of carbonyl (C=O) groups is 2. The molecule has 1 aliphatic rings. The first-order valence-electron chi connectivity index (χ1n) is 8.17. The van der Waals surface area contributed by atoms with Crippen LogP contribution < -0.4 is 4.74 Å². The average molecular weight is 377 g/mol. The molecule has 1 saturated heterocycles. The molecule has 1 heterocycles. The highest BCUT2D eigenvalue weighted by atomic mass is 35.5. The molecule has 7 heteroatoms. The lowest BCUT2D eigenvalue weighted by atomic mass is 10.1. The number of nitrogens with zero attached hydrogens (tertiary/aromatic N) is 2. The molecule has 136 valence electrons. The minimum absolute atomic E-state index is 0.0879. The van der Waals surface area contributed by atoms with Crippen molar-refractivity contribution in [1.82, 2.24) is 9.80 Å². The van der Waals surface area contributed by atoms with Crippen LogP contribution in [0.1, 0.15) is 20.7 Å². The summed E-state index contributed by atoms with van der Waals surface area (Å²) in [5.41, 5.74) is 0.811. The maximum Gasteiger partial charge on any atom is 0.255 e. The number of hydrogen-bond donors (Lipinski definition) is 0. The molecule has 0 atom stereocenters. The number of ether oxygens (including phenoxy) is 1. The Balaban J connectivity index is 1.65. The third-order valence-corrected chi connectivity index (χ3v) is 4.65. The number of methoxy groups -OCH3 is 1. The molecule has 5 nitrogen and oxygen atoms in total. The molecule has 1 fully saturated rings. The van der Waals surface area contributed by atoms with Crippen LogP contribution in [0.4, 0.5) is 4.39 Å². The molecule has 0 N–H and O–H groups in total. The highest BCUT2D eigenvalue weighted by Crippen LogP contribution is 2.21. The molecule has 26 heavy (non-hydrogen) atoms. The van der Waals surface area contributed by atoms with Crippen molar-refractivity contribution in [2.45, 2.75) is 0 Å². The van der Waals surface area contributed by atoms with Crippen molar-refractivity contribution in [2.75, 3.05) is 33.3 Å². The molecular formula is C19H18ClFN2O3. The third kappa shape index (κ3) is 3.80. The van der Waals surface area contributed by atoms with E-state index in [0.717, 1.165) is 6.07 Å². The first-order valence-corrected chi connectivity index (χ1v) is 8.55. The third-order valence-electron chi connectivity index (χ3n) is 4.33. The smallest absolute Gasteiger partial charge is 0.255 e. The molecule has 0 bridgehead atoms. The largest absolute Gasteiger partial charge is 0.497 e. The van der Waals surface area contributed by atoms with Gasteiger partial charge in [0.1, 0.15) is 11.6 Å². The standard InChI is InChI=1S/C19H18ClFN2O3/c1-26-15-4-2-3-13(11-15)18(24)22-7-9-23(10-8-22)19(25)16-6-5-14(21)12-17(16)20/h2-6,11-12H,7-10H2,1H3. The van der Waals surface area contributed by atoms with E-state index in [2.05, 4.69) is 0 Å². The van der Waals surface area contributed by atoms with Crippen LogP contribution in [0.15, 0.2) is 42.5 Å². The fourth-order valence-corrected chi connectivity index (χ4v) is 3.13. The number of piperazine rings is 1. The highest BCUT2D eigenvalue weighted by Gasteiger charge is 2.26. The molecule has 2 aromatic rings. The van der Waals surface area contributed by atoms with Crippen molar-refractivity contribution < 1.29 is 18.7 Å². The minimum atomic E-state index is -0.486. The molecule has 0 aliphatic carbocycles. The van der Waals surface area contributed by atoms with Crippen LogP contribution in [0.25, 0.3) is 0 Å². The lowest BCUT2D eigenvalue weighted by molar-refractivity contribution is 0.0535. The summed E-state index contributed by atoms with van der Waals surface area (Å²) >= 11 is 5.97. The maximum atomic E-state index is 13.1. The van der Waals surface area contributed by atoms with Crippen LogP contribution in [-0.2, 0) is 0 Å². The van der Waals surface area contributed by atoms with Crippen molar-refractivity contribution >= 4 is 23.4 Å². The summed E-state index contributed by atoms with van der Waals surface area (Å²) in [6.45, 7) is 1.62. The van der Waals surface area contributed by atoms with Crippen molar-refractivity contribution in [2.24, 2.45) is 0 Å². The van der Waals surface area contributed by atoms with Gasteiger partial charge in [-0.1, -0.05) is 17.7 Å². The van der Waals surface area contributed by atoms with Gasteiger partial charge in [-0.3, -0.25) is 9.59 Å². The quantitative estimate of drug-likeness (QED) is 0.827. The Morgan fingerprint density at radius 3 is 2.27 bits per heavy atom. The lowest BCUT2D eigenvalue weighted by Gasteiger charge is -2.35. The van der Waals surface area contributed by atoms with Crippen LogP contribution in [0.2, 0.25) is 5.02 Å². The Morgan fingerprint density at radius 2 is 1.65 bits per heavy atom. The van der Waals surface area contributed by atoms with E-state index in [0.29, 0.717) is 37.5 Å². The predicted molar refractivity (Wildman–Crippen MR) is 96.2 cm³/mol. The second kappa shape index (κ2) is 7.74. The number of benzene rings is 2. The number of amides is 2. The van der Waals surface area contributed by atoms with Crippen LogP contribution in [0.3, 0.4) is 0 Å². The normalized spacial score (nSPS) is 14.3. The van der Waals surface area contributed by atoms with E-state index in [9.17, 15) is 14.0 Å². The zero-order valence-corrected chi connectivity index (χ0v) is 15.0. The maximum absolute atomic E-state index is 13.1. The van der Waals surface area contributed by atoms with E-state index in [1.54, 1.807) is 41.2 Å². The van der Waals surface area contributed by atoms with Gasteiger partial charge >= 0.3 is 0 Å². The summed E-state index contributed by atoms with van der Waals surface area (Å²) in [5, 5.41) is 0.0879. The van der Waals surface area contributed by atoms with Gasteiger partial charge in [0.2, 0.25) is 0 Å². The molecule has 0 saturated carbocycles. The predicted octanol–water partition coefficient (Wildman–Crippen LogP) is 3.09. The monoisotopic (exact) mass is 376 g/mol. The summed E-state index contributed by atoms with van der Waals surface area (Å²) in [5.74, 6) is -0.227. The highest BCUT2D eigenvalue weighted by molar-refractivity contribution is 6.33. The summed E-state index contributed by atoms with van der Waals surface area (Å²) in [7, 11) is 1.55. The Labute approximate surface area is 155 Å². The zero-order chi connectivity index (χ0) is 18.7. The average Bonchev–Trinajstić information content (AvgIpc) is 2.67. The summed E-state index contributed by atoms with van der Waals surface area (Å²) in [6.07, 6.45) is 0. The van der Waals surface area contributed by atoms with Crippen molar-refractivity contribution in [3.05, 3.63) is 64.4 Å². The van der Waals surface area contributed by atoms with Gasteiger partial charge in [0.25, 0.3) is 11.8 Å². The fraction of sp³-hybridized carbons (Fsp3) is 0.263. The molecule has 0 radical (unpaired) electrons. The van der Waals surface area contributed by atoms with Crippen LogP contribution in [0, 0.1) is 5.82 Å². The van der Waals surface area contributed by atoms with Gasteiger partial charge in [-0.15, -0.1) is 0 Å². The molecular weight excluding hydrogens is 359 g/mol. The van der Waals surface area contributed by atoms with Crippen molar-refractivity contribution in [1.29, 1.82) is 0 Å². The summed E-state index contributed by atoms with van der Waals surface area (Å²) < 4.78 is 18.3. The molecule has 0 aromatic heterocycles. The van der Waals surface area contributed by atoms with Gasteiger partial charge in [-0.2, -0.15) is 0 Å². The van der Waals surface area contributed by atoms with Gasteiger partial charge in [-0.05, 0) is 36.4 Å². The van der Waals surface area contributed by atoms with Gasteiger partial charge in [-0.25, -0.2) is 4.39 Å². The molecule has 2 aromatic carbocycles. The van der Waals surface area contributed by atoms with E-state index < -0.39 is 5.82 Å². The van der Waals surface area contributed by atoms with Gasteiger partial charge in [0.15, 0.2) is 0 Å². The van der Waals surface area contributed by atoms with Crippen molar-refractivity contribution in [3.63, 3.8) is 0 Å². The Hall–Kier alpha value is -2.60. The summed E-state index contributed by atoms with van der Waals surface area (Å²) in [6, 6.07) is 10.7. The van der Waals surface area contributed by atoms with Crippen LogP contribution in [-0.4, -0.2) is 54.9 Å². The van der Waals surface area contributed by atoms with Crippen LogP contribution >= 0.6 is 11.6 Å². The van der Waals surface area contributed by atoms with Gasteiger partial charge in [0.05, 0.1) is 17.7 Å². The van der Waals surface area contributed by atoms with Crippen LogP contribution in [0.5, 0.6) is 5.75 Å². The fourth-order valence-electron chi connectivity index (χ4n) is 2.88. The van der Waals surface area contributed by atoms with E-state index in [-0.39, 0.29) is 22.4 Å². The Morgan fingerprint density at radius 1 is 1.00 bits per heavy atom. The summed E-state index contributed by atoms with van der Waals surface area (Å²) in [4.78, 5) is 28.5. The first kappa shape index (κ1) is 18.2. The first-order chi connectivity index (χ1) is 12.5. The molecule has 0 spiro atoms. The van der Waals surface area contributed by atoms with Crippen molar-refractivity contribution in [3.8, 4) is 5.75 Å². The van der Waals surface area contributed by atoms with E-state index in [1.165, 1.54) is 12.1 Å². The van der Waals surface area contributed by atoms with E-state index in [4.69, 9.17) is 16.3 Å². The Bertz CT molecular complexity index is 835.